The molecule has 0 aliphatic carbocycles. The van der Waals surface area contributed by atoms with Crippen LogP contribution in [0.5, 0.6) is 0 Å². The highest BCUT2D eigenvalue weighted by atomic mass is 16.6. The first-order chi connectivity index (χ1) is 7.83. The lowest BCUT2D eigenvalue weighted by atomic mass is 10.2. The summed E-state index contributed by atoms with van der Waals surface area (Å²) in [7, 11) is 0. The Morgan fingerprint density at radius 3 is 2.06 bits per heavy atom. The van der Waals surface area contributed by atoms with E-state index in [2.05, 4.69) is 5.10 Å². The molecule has 1 rings (SSSR count). The first-order valence-corrected chi connectivity index (χ1v) is 5.59. The number of carbonyl (C=O) groups is 1. The Labute approximate surface area is 101 Å². The zero-order valence-electron chi connectivity index (χ0n) is 10.6. The predicted molar refractivity (Wildman–Crippen MR) is 65.2 cm³/mol. The molecule has 0 saturated carbocycles. The van der Waals surface area contributed by atoms with Crippen molar-refractivity contribution < 1.29 is 9.53 Å². The lowest BCUT2D eigenvalue weighted by Crippen LogP contribution is -2.53. The minimum absolute atomic E-state index is 0.291. The average Bonchev–Trinajstić information content (AvgIpc) is 2.26. The molecule has 0 aromatic carbocycles. The monoisotopic (exact) mass is 243 g/mol. The van der Waals surface area contributed by atoms with Crippen molar-refractivity contribution in [3.8, 4) is 0 Å². The van der Waals surface area contributed by atoms with E-state index in [9.17, 15) is 4.79 Å². The fraction of sp³-hybridized carbons (Fsp3) is 0.800. The molecule has 0 aromatic heterocycles. The lowest BCUT2D eigenvalue weighted by molar-refractivity contribution is 0.0186. The second-order valence-electron chi connectivity index (χ2n) is 4.94. The van der Waals surface area contributed by atoms with Gasteiger partial charge < -0.3 is 26.1 Å². The van der Waals surface area contributed by atoms with Crippen LogP contribution in [0.15, 0.2) is 5.10 Å². The third kappa shape index (κ3) is 4.01. The highest BCUT2D eigenvalue weighted by Crippen LogP contribution is 2.11. The zero-order valence-corrected chi connectivity index (χ0v) is 10.6. The normalized spacial score (nSPS) is 18.2. The van der Waals surface area contributed by atoms with Crippen molar-refractivity contribution in [2.24, 2.45) is 16.7 Å². The van der Waals surface area contributed by atoms with Gasteiger partial charge in [-0.15, -0.1) is 5.10 Å². The molecule has 0 aromatic rings. The zero-order chi connectivity index (χ0) is 13.1. The standard InChI is InChI=1S/C10H21N5O2/c1-10(2,3)17-9(16)15-6-4-14(5-7-15)8(11)13-12/h4-7,12H2,1-3H3,(H2,11,13). The van der Waals surface area contributed by atoms with Gasteiger partial charge in [0, 0.05) is 26.2 Å². The summed E-state index contributed by atoms with van der Waals surface area (Å²) >= 11 is 0. The van der Waals surface area contributed by atoms with Gasteiger partial charge in [-0.25, -0.2) is 4.79 Å². The molecule has 98 valence electrons. The molecule has 1 fully saturated rings. The Morgan fingerprint density at radius 2 is 1.65 bits per heavy atom. The van der Waals surface area contributed by atoms with Crippen LogP contribution in [0.25, 0.3) is 0 Å². The first-order valence-electron chi connectivity index (χ1n) is 5.59. The number of piperazine rings is 1. The maximum atomic E-state index is 11.8. The number of carbonyl (C=O) groups excluding carboxylic acids is 1. The van der Waals surface area contributed by atoms with Crippen molar-refractivity contribution in [2.75, 3.05) is 26.2 Å². The van der Waals surface area contributed by atoms with E-state index in [-0.39, 0.29) is 6.09 Å². The summed E-state index contributed by atoms with van der Waals surface area (Å²) in [6.45, 7) is 7.90. The fourth-order valence-electron chi connectivity index (χ4n) is 1.53. The van der Waals surface area contributed by atoms with Crippen molar-refractivity contribution in [2.45, 2.75) is 26.4 Å². The molecule has 1 saturated heterocycles. The van der Waals surface area contributed by atoms with Gasteiger partial charge in [0.15, 0.2) is 0 Å². The minimum Gasteiger partial charge on any atom is -0.444 e. The molecule has 1 amide bonds. The topological polar surface area (TPSA) is 97.2 Å². The molecule has 0 atom stereocenters. The van der Waals surface area contributed by atoms with E-state index in [4.69, 9.17) is 16.3 Å². The third-order valence-corrected chi connectivity index (χ3v) is 2.39. The van der Waals surface area contributed by atoms with Crippen LogP contribution in [-0.2, 0) is 4.74 Å². The summed E-state index contributed by atoms with van der Waals surface area (Å²) in [5.41, 5.74) is 5.12. The summed E-state index contributed by atoms with van der Waals surface area (Å²) < 4.78 is 5.28. The van der Waals surface area contributed by atoms with E-state index in [0.717, 1.165) is 0 Å². The number of hydrazone groups is 1. The Kier molecular flexibility index (Phi) is 4.03. The number of hydrogen-bond donors (Lipinski definition) is 2. The molecule has 1 aliphatic heterocycles. The van der Waals surface area contributed by atoms with E-state index in [1.54, 1.807) is 4.90 Å². The van der Waals surface area contributed by atoms with Gasteiger partial charge in [0.2, 0.25) is 5.96 Å². The number of guanidine groups is 1. The predicted octanol–water partition coefficient (Wildman–Crippen LogP) is -0.272. The van der Waals surface area contributed by atoms with Crippen LogP contribution in [0, 0.1) is 0 Å². The molecular weight excluding hydrogens is 222 g/mol. The average molecular weight is 243 g/mol. The highest BCUT2D eigenvalue weighted by Gasteiger charge is 2.26. The number of ether oxygens (including phenoxy) is 1. The highest BCUT2D eigenvalue weighted by molar-refractivity contribution is 5.78. The van der Waals surface area contributed by atoms with Crippen molar-refractivity contribution in [3.63, 3.8) is 0 Å². The second kappa shape index (κ2) is 5.11. The molecule has 7 heteroatoms. The molecular formula is C10H21N5O2. The van der Waals surface area contributed by atoms with E-state index in [1.165, 1.54) is 0 Å². The Morgan fingerprint density at radius 1 is 1.18 bits per heavy atom. The Hall–Kier alpha value is -1.66. The maximum absolute atomic E-state index is 11.8. The molecule has 1 aliphatic rings. The van der Waals surface area contributed by atoms with Crippen LogP contribution in [0.4, 0.5) is 4.79 Å². The third-order valence-electron chi connectivity index (χ3n) is 2.39. The molecule has 0 unspecified atom stereocenters. The molecule has 0 radical (unpaired) electrons. The van der Waals surface area contributed by atoms with Gasteiger partial charge in [-0.3, -0.25) is 0 Å². The fourth-order valence-corrected chi connectivity index (χ4v) is 1.53. The maximum Gasteiger partial charge on any atom is 0.410 e. The largest absolute Gasteiger partial charge is 0.444 e. The van der Waals surface area contributed by atoms with Crippen molar-refractivity contribution >= 4 is 12.1 Å². The van der Waals surface area contributed by atoms with E-state index < -0.39 is 5.60 Å². The second-order valence-corrected chi connectivity index (χ2v) is 4.94. The molecule has 0 bridgehead atoms. The summed E-state index contributed by atoms with van der Waals surface area (Å²) in [5.74, 6) is 5.40. The SMILES string of the molecule is CC(C)(C)OC(=O)N1CCN(C(N)=NN)CC1. The van der Waals surface area contributed by atoms with Crippen LogP contribution in [0.1, 0.15) is 20.8 Å². The number of hydrogen-bond acceptors (Lipinski definition) is 4. The Bertz CT molecular complexity index is 302. The summed E-state index contributed by atoms with van der Waals surface area (Å²) in [5, 5.41) is 3.43. The van der Waals surface area contributed by atoms with Crippen molar-refractivity contribution in [1.29, 1.82) is 0 Å². The molecule has 4 N–H and O–H groups in total. The summed E-state index contributed by atoms with van der Waals surface area (Å²) in [6.07, 6.45) is -0.291. The van der Waals surface area contributed by atoms with Crippen LogP contribution < -0.4 is 11.6 Å². The van der Waals surface area contributed by atoms with Crippen LogP contribution in [0.3, 0.4) is 0 Å². The van der Waals surface area contributed by atoms with Crippen LogP contribution in [0.2, 0.25) is 0 Å². The molecule has 1 heterocycles. The molecule has 7 nitrogen and oxygen atoms in total. The van der Waals surface area contributed by atoms with Gasteiger partial charge in [0.1, 0.15) is 5.60 Å². The van der Waals surface area contributed by atoms with Gasteiger partial charge >= 0.3 is 6.09 Å². The molecule has 17 heavy (non-hydrogen) atoms. The van der Waals surface area contributed by atoms with Gasteiger partial charge in [0.25, 0.3) is 0 Å². The van der Waals surface area contributed by atoms with Gasteiger partial charge in [-0.2, -0.15) is 0 Å². The van der Waals surface area contributed by atoms with Crippen molar-refractivity contribution in [1.82, 2.24) is 9.80 Å². The summed E-state index contributed by atoms with van der Waals surface area (Å²) in [4.78, 5) is 15.3. The van der Waals surface area contributed by atoms with Crippen molar-refractivity contribution in [3.05, 3.63) is 0 Å². The lowest BCUT2D eigenvalue weighted by Gasteiger charge is -2.35. The van der Waals surface area contributed by atoms with Gasteiger partial charge in [0.05, 0.1) is 0 Å². The number of nitrogens with two attached hydrogens (primary N) is 2. The first kappa shape index (κ1) is 13.4. The van der Waals surface area contributed by atoms with E-state index in [0.29, 0.717) is 32.1 Å². The van der Waals surface area contributed by atoms with E-state index >= 15 is 0 Å². The van der Waals surface area contributed by atoms with Gasteiger partial charge in [-0.1, -0.05) is 0 Å². The Balaban J connectivity index is 2.44. The minimum atomic E-state index is -0.466. The van der Waals surface area contributed by atoms with Crippen LogP contribution >= 0.6 is 0 Å². The number of rotatable bonds is 0. The summed E-state index contributed by atoms with van der Waals surface area (Å²) in [6, 6.07) is 0. The van der Waals surface area contributed by atoms with E-state index in [1.807, 2.05) is 25.7 Å². The number of amides is 1. The van der Waals surface area contributed by atoms with Gasteiger partial charge in [-0.05, 0) is 20.8 Å². The van der Waals surface area contributed by atoms with Crippen LogP contribution in [-0.4, -0.2) is 53.6 Å². The quantitative estimate of drug-likeness (QED) is 0.264. The number of nitrogens with zero attached hydrogens (tertiary/aromatic N) is 3. The molecule has 0 spiro atoms. The smallest absolute Gasteiger partial charge is 0.410 e.